The van der Waals surface area contributed by atoms with Gasteiger partial charge in [0.15, 0.2) is 0 Å². The van der Waals surface area contributed by atoms with Crippen molar-refractivity contribution in [2.75, 3.05) is 0 Å². The van der Waals surface area contributed by atoms with E-state index in [2.05, 4.69) is 0 Å². The van der Waals surface area contributed by atoms with Gasteiger partial charge in [-0.3, -0.25) is 0 Å². The third kappa shape index (κ3) is 3.59. The van der Waals surface area contributed by atoms with E-state index in [-0.39, 0.29) is 11.6 Å². The van der Waals surface area contributed by atoms with E-state index in [0.29, 0.717) is 6.61 Å². The summed E-state index contributed by atoms with van der Waals surface area (Å²) in [5.41, 5.74) is 8.03. The number of carboxylic acid groups (broad SMARTS) is 1. The van der Waals surface area contributed by atoms with Crippen LogP contribution in [0.15, 0.2) is 48.5 Å². The lowest BCUT2D eigenvalue weighted by Gasteiger charge is -2.09. The van der Waals surface area contributed by atoms with Gasteiger partial charge in [-0.05, 0) is 42.3 Å². The zero-order valence-corrected chi connectivity index (χ0v) is 11.2. The molecule has 0 fully saturated rings. The van der Waals surface area contributed by atoms with Gasteiger partial charge in [0.25, 0.3) is 0 Å². The van der Waals surface area contributed by atoms with E-state index < -0.39 is 5.97 Å². The first-order chi connectivity index (χ1) is 9.56. The predicted molar refractivity (Wildman–Crippen MR) is 76.8 cm³/mol. The summed E-state index contributed by atoms with van der Waals surface area (Å²) < 4.78 is 5.64. The van der Waals surface area contributed by atoms with Crippen molar-refractivity contribution in [3.8, 4) is 5.75 Å². The number of benzene rings is 2. The van der Waals surface area contributed by atoms with E-state index in [9.17, 15) is 4.79 Å². The Morgan fingerprint density at radius 1 is 1.15 bits per heavy atom. The fraction of sp³-hybridized carbons (Fsp3) is 0.188. The molecule has 0 radical (unpaired) electrons. The fourth-order valence-electron chi connectivity index (χ4n) is 1.78. The van der Waals surface area contributed by atoms with Crippen LogP contribution in [0.3, 0.4) is 0 Å². The standard InChI is InChI=1S/C16H17NO3/c1-11(17)13-6-8-15(9-7-13)20-10-12-2-4-14(5-3-12)16(18)19/h2-9,11H,10,17H2,1H3,(H,18,19)/t11-/m0/s1. The summed E-state index contributed by atoms with van der Waals surface area (Å²) in [5, 5.41) is 8.81. The molecule has 0 aliphatic carbocycles. The minimum atomic E-state index is -0.927. The summed E-state index contributed by atoms with van der Waals surface area (Å²) in [6.07, 6.45) is 0. The van der Waals surface area contributed by atoms with Crippen molar-refractivity contribution in [1.82, 2.24) is 0 Å². The molecule has 0 spiro atoms. The molecular weight excluding hydrogens is 254 g/mol. The summed E-state index contributed by atoms with van der Waals surface area (Å²) in [4.78, 5) is 10.7. The Balaban J connectivity index is 1.96. The summed E-state index contributed by atoms with van der Waals surface area (Å²) >= 11 is 0. The van der Waals surface area contributed by atoms with Crippen LogP contribution in [0.25, 0.3) is 0 Å². The molecule has 104 valence electrons. The van der Waals surface area contributed by atoms with Crippen LogP contribution in [0.2, 0.25) is 0 Å². The van der Waals surface area contributed by atoms with Crippen LogP contribution in [-0.2, 0) is 6.61 Å². The monoisotopic (exact) mass is 271 g/mol. The average Bonchev–Trinajstić information content (AvgIpc) is 2.46. The number of hydrogen-bond acceptors (Lipinski definition) is 3. The molecule has 20 heavy (non-hydrogen) atoms. The minimum absolute atomic E-state index is 0.00705. The largest absolute Gasteiger partial charge is 0.489 e. The number of ether oxygens (including phenoxy) is 1. The molecule has 0 aliphatic heterocycles. The van der Waals surface area contributed by atoms with E-state index in [1.165, 1.54) is 0 Å². The number of nitrogens with two attached hydrogens (primary N) is 1. The first-order valence-corrected chi connectivity index (χ1v) is 6.37. The molecule has 0 heterocycles. The highest BCUT2D eigenvalue weighted by molar-refractivity contribution is 5.87. The van der Waals surface area contributed by atoms with E-state index in [4.69, 9.17) is 15.6 Å². The zero-order chi connectivity index (χ0) is 14.5. The van der Waals surface area contributed by atoms with Crippen LogP contribution < -0.4 is 10.5 Å². The van der Waals surface area contributed by atoms with Gasteiger partial charge in [0.1, 0.15) is 12.4 Å². The smallest absolute Gasteiger partial charge is 0.335 e. The molecule has 2 aromatic rings. The molecule has 0 saturated carbocycles. The lowest BCUT2D eigenvalue weighted by atomic mass is 10.1. The van der Waals surface area contributed by atoms with Gasteiger partial charge in [-0.2, -0.15) is 0 Å². The molecule has 0 amide bonds. The Morgan fingerprint density at radius 2 is 1.75 bits per heavy atom. The lowest BCUT2D eigenvalue weighted by Crippen LogP contribution is -2.04. The summed E-state index contributed by atoms with van der Waals surface area (Å²) in [6.45, 7) is 2.33. The van der Waals surface area contributed by atoms with Crippen molar-refractivity contribution in [2.45, 2.75) is 19.6 Å². The van der Waals surface area contributed by atoms with Crippen molar-refractivity contribution in [3.63, 3.8) is 0 Å². The van der Waals surface area contributed by atoms with Crippen molar-refractivity contribution >= 4 is 5.97 Å². The second-order valence-corrected chi connectivity index (χ2v) is 4.65. The van der Waals surface area contributed by atoms with Gasteiger partial charge in [-0.15, -0.1) is 0 Å². The summed E-state index contributed by atoms with van der Waals surface area (Å²) in [5.74, 6) is -0.166. The molecule has 2 aromatic carbocycles. The second-order valence-electron chi connectivity index (χ2n) is 4.65. The molecular formula is C16H17NO3. The van der Waals surface area contributed by atoms with Crippen molar-refractivity contribution in [2.24, 2.45) is 5.73 Å². The van der Waals surface area contributed by atoms with Crippen LogP contribution in [0.4, 0.5) is 0 Å². The van der Waals surface area contributed by atoms with Crippen molar-refractivity contribution < 1.29 is 14.6 Å². The third-order valence-electron chi connectivity index (χ3n) is 3.01. The molecule has 0 aliphatic rings. The fourth-order valence-corrected chi connectivity index (χ4v) is 1.78. The van der Waals surface area contributed by atoms with Crippen molar-refractivity contribution in [1.29, 1.82) is 0 Å². The molecule has 0 unspecified atom stereocenters. The van der Waals surface area contributed by atoms with Crippen LogP contribution >= 0.6 is 0 Å². The van der Waals surface area contributed by atoms with Gasteiger partial charge in [-0.1, -0.05) is 24.3 Å². The first kappa shape index (κ1) is 14.1. The molecule has 0 bridgehead atoms. The maximum absolute atomic E-state index is 10.7. The quantitative estimate of drug-likeness (QED) is 0.876. The average molecular weight is 271 g/mol. The van der Waals surface area contributed by atoms with Gasteiger partial charge in [-0.25, -0.2) is 4.79 Å². The van der Waals surface area contributed by atoms with Crippen molar-refractivity contribution in [3.05, 3.63) is 65.2 Å². The number of carbonyl (C=O) groups is 1. The van der Waals surface area contributed by atoms with Crippen LogP contribution in [-0.4, -0.2) is 11.1 Å². The number of aromatic carboxylic acids is 1. The topological polar surface area (TPSA) is 72.5 Å². The molecule has 2 rings (SSSR count). The Morgan fingerprint density at radius 3 is 2.25 bits per heavy atom. The molecule has 0 aromatic heterocycles. The molecule has 1 atom stereocenters. The van der Waals surface area contributed by atoms with Crippen LogP contribution in [0.1, 0.15) is 34.5 Å². The van der Waals surface area contributed by atoms with Crippen LogP contribution in [0, 0.1) is 0 Å². The zero-order valence-electron chi connectivity index (χ0n) is 11.2. The SMILES string of the molecule is C[C@H](N)c1ccc(OCc2ccc(C(=O)O)cc2)cc1. The molecule has 0 saturated heterocycles. The Hall–Kier alpha value is -2.33. The van der Waals surface area contributed by atoms with E-state index in [0.717, 1.165) is 16.9 Å². The van der Waals surface area contributed by atoms with Crippen LogP contribution in [0.5, 0.6) is 5.75 Å². The number of carboxylic acids is 1. The Labute approximate surface area is 117 Å². The minimum Gasteiger partial charge on any atom is -0.489 e. The number of rotatable bonds is 5. The lowest BCUT2D eigenvalue weighted by molar-refractivity contribution is 0.0697. The maximum atomic E-state index is 10.7. The predicted octanol–water partition coefficient (Wildman–Crippen LogP) is 2.98. The first-order valence-electron chi connectivity index (χ1n) is 6.37. The molecule has 4 heteroatoms. The van der Waals surface area contributed by atoms with E-state index in [1.54, 1.807) is 24.3 Å². The normalized spacial score (nSPS) is 11.9. The van der Waals surface area contributed by atoms with Gasteiger partial charge in [0, 0.05) is 6.04 Å². The highest BCUT2D eigenvalue weighted by Gasteiger charge is 2.03. The third-order valence-corrected chi connectivity index (χ3v) is 3.01. The summed E-state index contributed by atoms with van der Waals surface area (Å²) in [7, 11) is 0. The Kier molecular flexibility index (Phi) is 4.38. The summed E-state index contributed by atoms with van der Waals surface area (Å²) in [6, 6.07) is 14.3. The highest BCUT2D eigenvalue weighted by atomic mass is 16.5. The highest BCUT2D eigenvalue weighted by Crippen LogP contribution is 2.17. The Bertz CT molecular complexity index is 574. The van der Waals surface area contributed by atoms with Gasteiger partial charge < -0.3 is 15.6 Å². The second kappa shape index (κ2) is 6.21. The number of hydrogen-bond donors (Lipinski definition) is 2. The van der Waals surface area contributed by atoms with Gasteiger partial charge in [0.2, 0.25) is 0 Å². The van der Waals surface area contributed by atoms with Gasteiger partial charge >= 0.3 is 5.97 Å². The molecule has 3 N–H and O–H groups in total. The van der Waals surface area contributed by atoms with E-state index in [1.807, 2.05) is 31.2 Å². The maximum Gasteiger partial charge on any atom is 0.335 e. The molecule has 4 nitrogen and oxygen atoms in total. The van der Waals surface area contributed by atoms with Gasteiger partial charge in [0.05, 0.1) is 5.56 Å². The van der Waals surface area contributed by atoms with E-state index >= 15 is 0 Å².